The SMILES string of the molecule is O=C(O)C[C@H](NC(=O)Nc1cccn(Cc2ccccc2)c1=O)c1ccc2c(c1)OCO2. The summed E-state index contributed by atoms with van der Waals surface area (Å²) in [5.74, 6) is -0.0552. The van der Waals surface area contributed by atoms with Gasteiger partial charge in [0.2, 0.25) is 6.79 Å². The summed E-state index contributed by atoms with van der Waals surface area (Å²) in [7, 11) is 0. The summed E-state index contributed by atoms with van der Waals surface area (Å²) in [5.41, 5.74) is 1.20. The van der Waals surface area contributed by atoms with Crippen LogP contribution in [0.3, 0.4) is 0 Å². The molecule has 1 atom stereocenters. The Balaban J connectivity index is 1.49. The summed E-state index contributed by atoms with van der Waals surface area (Å²) in [6.07, 6.45) is 1.29. The van der Waals surface area contributed by atoms with E-state index in [4.69, 9.17) is 9.47 Å². The summed E-state index contributed by atoms with van der Waals surface area (Å²) in [6, 6.07) is 16.0. The Morgan fingerprint density at radius 2 is 1.81 bits per heavy atom. The molecule has 0 bridgehead atoms. The number of carbonyl (C=O) groups excluding carboxylic acids is 1. The quantitative estimate of drug-likeness (QED) is 0.525. The molecule has 4 rings (SSSR count). The Kier molecular flexibility index (Phi) is 6.07. The first kappa shape index (κ1) is 21.0. The number of rotatable bonds is 7. The number of hydrogen-bond acceptors (Lipinski definition) is 5. The highest BCUT2D eigenvalue weighted by Crippen LogP contribution is 2.34. The van der Waals surface area contributed by atoms with Crippen LogP contribution in [0.5, 0.6) is 11.5 Å². The lowest BCUT2D eigenvalue weighted by Crippen LogP contribution is -2.36. The maximum absolute atomic E-state index is 12.8. The first-order valence-corrected chi connectivity index (χ1v) is 9.92. The molecule has 1 aliphatic rings. The summed E-state index contributed by atoms with van der Waals surface area (Å²) >= 11 is 0. The van der Waals surface area contributed by atoms with E-state index >= 15 is 0 Å². The standard InChI is InChI=1S/C23H21N3O6/c27-21(28)12-18(16-8-9-19-20(11-16)32-14-31-19)25-23(30)24-17-7-4-10-26(22(17)29)13-15-5-2-1-3-6-15/h1-11,18H,12-14H2,(H,27,28)(H2,24,25,30)/t18-/m0/s1. The number of nitrogens with zero attached hydrogens (tertiary/aromatic N) is 1. The third-order valence-corrected chi connectivity index (χ3v) is 4.95. The van der Waals surface area contributed by atoms with Crippen LogP contribution in [0.25, 0.3) is 0 Å². The number of carboxylic acids is 1. The van der Waals surface area contributed by atoms with Crippen molar-refractivity contribution in [3.8, 4) is 11.5 Å². The Hall–Kier alpha value is -4.27. The van der Waals surface area contributed by atoms with Gasteiger partial charge in [-0.2, -0.15) is 0 Å². The molecule has 0 unspecified atom stereocenters. The number of fused-ring (bicyclic) bond motifs is 1. The number of aromatic nitrogens is 1. The van der Waals surface area contributed by atoms with E-state index in [1.54, 1.807) is 30.5 Å². The molecule has 0 aliphatic carbocycles. The number of hydrogen-bond donors (Lipinski definition) is 3. The molecule has 32 heavy (non-hydrogen) atoms. The number of carboxylic acid groups (broad SMARTS) is 1. The number of urea groups is 1. The number of pyridine rings is 1. The zero-order chi connectivity index (χ0) is 22.5. The fraction of sp³-hybridized carbons (Fsp3) is 0.174. The minimum Gasteiger partial charge on any atom is -0.481 e. The second-order valence-electron chi connectivity index (χ2n) is 7.20. The van der Waals surface area contributed by atoms with E-state index in [2.05, 4.69) is 10.6 Å². The molecule has 0 saturated heterocycles. The highest BCUT2D eigenvalue weighted by molar-refractivity contribution is 5.89. The number of amides is 2. The van der Waals surface area contributed by atoms with Crippen molar-refractivity contribution in [2.75, 3.05) is 12.1 Å². The number of aliphatic carboxylic acids is 1. The molecule has 0 radical (unpaired) electrons. The Morgan fingerprint density at radius 3 is 2.59 bits per heavy atom. The van der Waals surface area contributed by atoms with Crippen LogP contribution in [0.1, 0.15) is 23.6 Å². The van der Waals surface area contributed by atoms with E-state index in [0.717, 1.165) is 5.56 Å². The van der Waals surface area contributed by atoms with Gasteiger partial charge in [0.1, 0.15) is 5.69 Å². The largest absolute Gasteiger partial charge is 0.481 e. The van der Waals surface area contributed by atoms with Gasteiger partial charge < -0.3 is 29.8 Å². The van der Waals surface area contributed by atoms with Crippen molar-refractivity contribution < 1.29 is 24.2 Å². The number of anilines is 1. The lowest BCUT2D eigenvalue weighted by Gasteiger charge is -2.18. The molecule has 2 heterocycles. The van der Waals surface area contributed by atoms with Gasteiger partial charge in [-0.15, -0.1) is 0 Å². The number of ether oxygens (including phenoxy) is 2. The summed E-state index contributed by atoms with van der Waals surface area (Å²) in [4.78, 5) is 36.7. The van der Waals surface area contributed by atoms with Crippen molar-refractivity contribution >= 4 is 17.7 Å². The van der Waals surface area contributed by atoms with Gasteiger partial charge in [0.25, 0.3) is 5.56 Å². The molecule has 3 N–H and O–H groups in total. The average molecular weight is 435 g/mol. The second-order valence-corrected chi connectivity index (χ2v) is 7.20. The second kappa shape index (κ2) is 9.25. The molecule has 1 aromatic heterocycles. The predicted octanol–water partition coefficient (Wildman–Crippen LogP) is 2.96. The third-order valence-electron chi connectivity index (χ3n) is 4.95. The first-order chi connectivity index (χ1) is 15.5. The normalized spacial score (nSPS) is 12.8. The zero-order valence-corrected chi connectivity index (χ0v) is 17.0. The third kappa shape index (κ3) is 4.89. The fourth-order valence-electron chi connectivity index (χ4n) is 3.41. The van der Waals surface area contributed by atoms with Crippen molar-refractivity contribution in [1.82, 2.24) is 9.88 Å². The summed E-state index contributed by atoms with van der Waals surface area (Å²) < 4.78 is 12.1. The number of nitrogens with one attached hydrogen (secondary N) is 2. The smallest absolute Gasteiger partial charge is 0.319 e. The average Bonchev–Trinajstić information content (AvgIpc) is 3.24. The van der Waals surface area contributed by atoms with Crippen molar-refractivity contribution in [1.29, 1.82) is 0 Å². The van der Waals surface area contributed by atoms with Crippen molar-refractivity contribution in [2.24, 2.45) is 0 Å². The van der Waals surface area contributed by atoms with Gasteiger partial charge in [-0.25, -0.2) is 4.79 Å². The maximum atomic E-state index is 12.8. The van der Waals surface area contributed by atoms with Crippen LogP contribution >= 0.6 is 0 Å². The maximum Gasteiger partial charge on any atom is 0.319 e. The Morgan fingerprint density at radius 1 is 1.03 bits per heavy atom. The predicted molar refractivity (Wildman–Crippen MR) is 116 cm³/mol. The molecule has 0 saturated carbocycles. The van der Waals surface area contributed by atoms with Gasteiger partial charge in [0.15, 0.2) is 11.5 Å². The van der Waals surface area contributed by atoms with Gasteiger partial charge in [0, 0.05) is 6.20 Å². The zero-order valence-electron chi connectivity index (χ0n) is 17.0. The topological polar surface area (TPSA) is 119 Å². The van der Waals surface area contributed by atoms with Gasteiger partial charge in [-0.05, 0) is 35.4 Å². The molecule has 164 valence electrons. The van der Waals surface area contributed by atoms with E-state index in [0.29, 0.717) is 23.6 Å². The number of benzene rings is 2. The van der Waals surface area contributed by atoms with Crippen LogP contribution in [0.2, 0.25) is 0 Å². The van der Waals surface area contributed by atoms with E-state index in [9.17, 15) is 19.5 Å². The van der Waals surface area contributed by atoms with Crippen LogP contribution in [-0.4, -0.2) is 28.5 Å². The van der Waals surface area contributed by atoms with Crippen LogP contribution < -0.4 is 25.7 Å². The number of carbonyl (C=O) groups is 2. The molecule has 3 aromatic rings. The summed E-state index contributed by atoms with van der Waals surface area (Å²) in [6.45, 7) is 0.440. The van der Waals surface area contributed by atoms with E-state index in [-0.39, 0.29) is 24.5 Å². The van der Waals surface area contributed by atoms with Crippen LogP contribution in [0.4, 0.5) is 10.5 Å². The van der Waals surface area contributed by atoms with Crippen LogP contribution in [0.15, 0.2) is 71.7 Å². The molecule has 1 aliphatic heterocycles. The lowest BCUT2D eigenvalue weighted by atomic mass is 10.0. The summed E-state index contributed by atoms with van der Waals surface area (Å²) in [5, 5.41) is 14.4. The minimum atomic E-state index is -1.09. The Bertz CT molecular complexity index is 1190. The molecule has 2 amide bonds. The Labute approximate surface area is 183 Å². The van der Waals surface area contributed by atoms with E-state index in [1.807, 2.05) is 30.3 Å². The molecule has 0 fully saturated rings. The molecule has 2 aromatic carbocycles. The minimum absolute atomic E-state index is 0.0829. The van der Waals surface area contributed by atoms with Gasteiger partial charge in [-0.3, -0.25) is 9.59 Å². The molecular formula is C23H21N3O6. The first-order valence-electron chi connectivity index (χ1n) is 9.92. The van der Waals surface area contributed by atoms with Crippen LogP contribution in [0, 0.1) is 0 Å². The molecule has 9 heteroatoms. The fourth-order valence-corrected chi connectivity index (χ4v) is 3.41. The van der Waals surface area contributed by atoms with Gasteiger partial charge >= 0.3 is 12.0 Å². The van der Waals surface area contributed by atoms with Gasteiger partial charge in [0.05, 0.1) is 19.0 Å². The lowest BCUT2D eigenvalue weighted by molar-refractivity contribution is -0.137. The van der Waals surface area contributed by atoms with Crippen molar-refractivity contribution in [2.45, 2.75) is 19.0 Å². The van der Waals surface area contributed by atoms with E-state index in [1.165, 1.54) is 10.6 Å². The molecule has 9 nitrogen and oxygen atoms in total. The highest BCUT2D eigenvalue weighted by Gasteiger charge is 2.22. The highest BCUT2D eigenvalue weighted by atomic mass is 16.7. The van der Waals surface area contributed by atoms with Gasteiger partial charge in [-0.1, -0.05) is 36.4 Å². The van der Waals surface area contributed by atoms with Crippen LogP contribution in [-0.2, 0) is 11.3 Å². The molecular weight excluding hydrogens is 414 g/mol. The molecule has 0 spiro atoms. The van der Waals surface area contributed by atoms with Crippen molar-refractivity contribution in [3.05, 3.63) is 88.3 Å². The van der Waals surface area contributed by atoms with Crippen molar-refractivity contribution in [3.63, 3.8) is 0 Å². The van der Waals surface area contributed by atoms with E-state index < -0.39 is 18.0 Å². The monoisotopic (exact) mass is 435 g/mol.